The van der Waals surface area contributed by atoms with Crippen molar-refractivity contribution in [2.75, 3.05) is 18.5 Å². The van der Waals surface area contributed by atoms with E-state index in [4.69, 9.17) is 22.0 Å². The summed E-state index contributed by atoms with van der Waals surface area (Å²) in [6, 6.07) is 4.81. The maximum atomic E-state index is 10.8. The van der Waals surface area contributed by atoms with Crippen LogP contribution in [-0.2, 0) is 0 Å². The van der Waals surface area contributed by atoms with Gasteiger partial charge in [-0.2, -0.15) is 5.26 Å². The molecule has 5 nitrogen and oxygen atoms in total. The zero-order valence-corrected chi connectivity index (χ0v) is 10.3. The predicted molar refractivity (Wildman–Crippen MR) is 64.3 cm³/mol. The zero-order chi connectivity index (χ0) is 13.0. The van der Waals surface area contributed by atoms with E-state index in [-0.39, 0.29) is 16.6 Å². The second-order valence-electron chi connectivity index (χ2n) is 3.75. The van der Waals surface area contributed by atoms with Crippen molar-refractivity contribution in [2.45, 2.75) is 6.92 Å². The lowest BCUT2D eigenvalue weighted by molar-refractivity contribution is 0.0697. The molecular weight excluding hydrogens is 242 g/mol. The van der Waals surface area contributed by atoms with Crippen LogP contribution in [0.5, 0.6) is 0 Å². The average molecular weight is 254 g/mol. The molecule has 0 amide bonds. The van der Waals surface area contributed by atoms with Gasteiger partial charge in [0, 0.05) is 13.6 Å². The Morgan fingerprint density at radius 3 is 2.88 bits per heavy atom. The van der Waals surface area contributed by atoms with Crippen LogP contribution in [0.3, 0.4) is 0 Å². The van der Waals surface area contributed by atoms with E-state index in [0.717, 1.165) is 0 Å². The number of anilines is 1. The van der Waals surface area contributed by atoms with Gasteiger partial charge in [0.25, 0.3) is 0 Å². The second kappa shape index (κ2) is 5.51. The number of nitrogens with zero attached hydrogens (tertiary/aromatic N) is 3. The normalized spacial score (nSPS) is 11.6. The minimum atomic E-state index is -1.06. The molecule has 90 valence electrons. The first kappa shape index (κ1) is 13.3. The van der Waals surface area contributed by atoms with Gasteiger partial charge in [0.1, 0.15) is 11.0 Å². The monoisotopic (exact) mass is 253 g/mol. The summed E-state index contributed by atoms with van der Waals surface area (Å²) in [7, 11) is 1.73. The smallest absolute Gasteiger partial charge is 0.335 e. The van der Waals surface area contributed by atoms with Crippen LogP contribution in [0.25, 0.3) is 0 Å². The van der Waals surface area contributed by atoms with Gasteiger partial charge in [-0.25, -0.2) is 9.78 Å². The van der Waals surface area contributed by atoms with Crippen LogP contribution in [0.1, 0.15) is 17.3 Å². The SMILES string of the molecule is CC(C#N)CN(C)c1cc(C(=O)O)cc(Cl)n1. The average Bonchev–Trinajstić information content (AvgIpc) is 2.27. The number of hydrogen-bond donors (Lipinski definition) is 1. The van der Waals surface area contributed by atoms with Gasteiger partial charge in [0.2, 0.25) is 0 Å². The van der Waals surface area contributed by atoms with Crippen LogP contribution in [0.15, 0.2) is 12.1 Å². The molecule has 0 aliphatic heterocycles. The summed E-state index contributed by atoms with van der Waals surface area (Å²) in [6.45, 7) is 2.24. The van der Waals surface area contributed by atoms with Crippen molar-refractivity contribution in [3.05, 3.63) is 22.8 Å². The molecule has 0 saturated carbocycles. The summed E-state index contributed by atoms with van der Waals surface area (Å²) >= 11 is 5.74. The Morgan fingerprint density at radius 1 is 1.71 bits per heavy atom. The Labute approximate surface area is 104 Å². The van der Waals surface area contributed by atoms with Crippen molar-refractivity contribution >= 4 is 23.4 Å². The lowest BCUT2D eigenvalue weighted by Crippen LogP contribution is -2.24. The highest BCUT2D eigenvalue weighted by Gasteiger charge is 2.12. The number of carbonyl (C=O) groups is 1. The highest BCUT2D eigenvalue weighted by atomic mass is 35.5. The molecule has 1 unspecified atom stereocenters. The lowest BCUT2D eigenvalue weighted by Gasteiger charge is -2.19. The van der Waals surface area contributed by atoms with Gasteiger partial charge >= 0.3 is 5.97 Å². The van der Waals surface area contributed by atoms with Crippen LogP contribution in [0.2, 0.25) is 5.15 Å². The van der Waals surface area contributed by atoms with Crippen LogP contribution in [0, 0.1) is 17.2 Å². The van der Waals surface area contributed by atoms with Gasteiger partial charge < -0.3 is 10.0 Å². The molecule has 0 radical (unpaired) electrons. The summed E-state index contributed by atoms with van der Waals surface area (Å²) in [4.78, 5) is 16.6. The first-order chi connectivity index (χ1) is 7.93. The molecule has 1 aromatic rings. The third-order valence-corrected chi connectivity index (χ3v) is 2.38. The van der Waals surface area contributed by atoms with E-state index < -0.39 is 5.97 Å². The first-order valence-electron chi connectivity index (χ1n) is 4.95. The fourth-order valence-electron chi connectivity index (χ4n) is 1.35. The summed E-state index contributed by atoms with van der Waals surface area (Å²) in [6.07, 6.45) is 0. The van der Waals surface area contributed by atoms with Gasteiger partial charge in [0.05, 0.1) is 17.6 Å². The molecule has 1 atom stereocenters. The van der Waals surface area contributed by atoms with Crippen LogP contribution >= 0.6 is 11.6 Å². The van der Waals surface area contributed by atoms with E-state index in [9.17, 15) is 4.79 Å². The van der Waals surface area contributed by atoms with Gasteiger partial charge in [-0.15, -0.1) is 0 Å². The van der Waals surface area contributed by atoms with Crippen molar-refractivity contribution in [1.82, 2.24) is 4.98 Å². The molecule has 17 heavy (non-hydrogen) atoms. The largest absolute Gasteiger partial charge is 0.478 e. The highest BCUT2D eigenvalue weighted by Crippen LogP contribution is 2.18. The van der Waals surface area contributed by atoms with E-state index in [1.807, 2.05) is 0 Å². The molecule has 1 aromatic heterocycles. The minimum absolute atomic E-state index is 0.0801. The molecule has 6 heteroatoms. The van der Waals surface area contributed by atoms with Crippen LogP contribution in [-0.4, -0.2) is 29.7 Å². The summed E-state index contributed by atoms with van der Waals surface area (Å²) in [5.74, 6) is -0.789. The number of carboxylic acids is 1. The van der Waals surface area contributed by atoms with Gasteiger partial charge in [-0.1, -0.05) is 11.6 Å². The van der Waals surface area contributed by atoms with E-state index in [0.29, 0.717) is 12.4 Å². The molecule has 1 N–H and O–H groups in total. The van der Waals surface area contributed by atoms with Crippen LogP contribution < -0.4 is 4.90 Å². The topological polar surface area (TPSA) is 77.2 Å². The molecule has 0 aromatic carbocycles. The van der Waals surface area contributed by atoms with Gasteiger partial charge in [-0.3, -0.25) is 0 Å². The van der Waals surface area contributed by atoms with E-state index in [1.165, 1.54) is 12.1 Å². The number of aromatic nitrogens is 1. The van der Waals surface area contributed by atoms with Gasteiger partial charge in [-0.05, 0) is 19.1 Å². The number of aromatic carboxylic acids is 1. The maximum Gasteiger partial charge on any atom is 0.335 e. The fourth-order valence-corrected chi connectivity index (χ4v) is 1.55. The van der Waals surface area contributed by atoms with Crippen molar-refractivity contribution in [2.24, 2.45) is 5.92 Å². The van der Waals surface area contributed by atoms with Crippen molar-refractivity contribution in [3.63, 3.8) is 0 Å². The van der Waals surface area contributed by atoms with Gasteiger partial charge in [0.15, 0.2) is 0 Å². The van der Waals surface area contributed by atoms with E-state index in [2.05, 4.69) is 11.1 Å². The number of carboxylic acid groups (broad SMARTS) is 1. The second-order valence-corrected chi connectivity index (χ2v) is 4.14. The summed E-state index contributed by atoms with van der Waals surface area (Å²) < 4.78 is 0. The molecule has 1 rings (SSSR count). The molecule has 1 heterocycles. The molecule has 0 fully saturated rings. The van der Waals surface area contributed by atoms with Crippen molar-refractivity contribution in [3.8, 4) is 6.07 Å². The Kier molecular flexibility index (Phi) is 4.30. The third kappa shape index (κ3) is 3.61. The minimum Gasteiger partial charge on any atom is -0.478 e. The third-order valence-electron chi connectivity index (χ3n) is 2.19. The summed E-state index contributed by atoms with van der Waals surface area (Å²) in [5, 5.41) is 17.7. The fraction of sp³-hybridized carbons (Fsp3) is 0.364. The Bertz CT molecular complexity index is 470. The zero-order valence-electron chi connectivity index (χ0n) is 9.51. The number of rotatable bonds is 4. The van der Waals surface area contributed by atoms with Crippen molar-refractivity contribution < 1.29 is 9.90 Å². The first-order valence-corrected chi connectivity index (χ1v) is 5.33. The Balaban J connectivity index is 2.98. The van der Waals surface area contributed by atoms with Crippen molar-refractivity contribution in [1.29, 1.82) is 5.26 Å². The standard InChI is InChI=1S/C11H12ClN3O2/c1-7(5-13)6-15(2)10-4-8(11(16)17)3-9(12)14-10/h3-4,7H,6H2,1-2H3,(H,16,17). The Morgan fingerprint density at radius 2 is 2.35 bits per heavy atom. The molecule has 0 aliphatic carbocycles. The quantitative estimate of drug-likeness (QED) is 0.831. The Hall–Kier alpha value is -1.80. The number of pyridine rings is 1. The molecule has 0 spiro atoms. The van der Waals surface area contributed by atoms with E-state index >= 15 is 0 Å². The molecule has 0 saturated heterocycles. The lowest BCUT2D eigenvalue weighted by atomic mass is 10.2. The number of nitriles is 1. The molecular formula is C11H12ClN3O2. The maximum absolute atomic E-state index is 10.8. The highest BCUT2D eigenvalue weighted by molar-refractivity contribution is 6.29. The molecule has 0 aliphatic rings. The van der Waals surface area contributed by atoms with E-state index in [1.54, 1.807) is 18.9 Å². The number of hydrogen-bond acceptors (Lipinski definition) is 4. The number of halogens is 1. The molecule has 0 bridgehead atoms. The summed E-state index contributed by atoms with van der Waals surface area (Å²) in [5.41, 5.74) is 0.0801. The predicted octanol–water partition coefficient (Wildman–Crippen LogP) is 2.03. The van der Waals surface area contributed by atoms with Crippen LogP contribution in [0.4, 0.5) is 5.82 Å².